The van der Waals surface area contributed by atoms with Gasteiger partial charge < -0.3 is 10.5 Å². The first-order valence-electron chi connectivity index (χ1n) is 6.16. The fraction of sp³-hybridized carbons (Fsp3) is 0.429. The molecule has 18 heavy (non-hydrogen) atoms. The largest absolute Gasteiger partial charge is 0.481 e. The predicted molar refractivity (Wildman–Crippen MR) is 70.0 cm³/mol. The third-order valence-electron chi connectivity index (χ3n) is 3.41. The van der Waals surface area contributed by atoms with Crippen molar-refractivity contribution in [2.45, 2.75) is 19.9 Å². The molecule has 1 aliphatic rings. The zero-order valence-electron chi connectivity index (χ0n) is 10.5. The standard InChI is InChI=1S/C14H18N2O2/c1-10(15)12-4-2-11(3-5-12)8-16-7-6-13(9-16)14(17)18/h2-5,13,15H,6-9H2,1H3,(H,17,18). The summed E-state index contributed by atoms with van der Waals surface area (Å²) in [5, 5.41) is 16.5. The summed E-state index contributed by atoms with van der Waals surface area (Å²) in [6.45, 7) is 4.05. The van der Waals surface area contributed by atoms with Crippen LogP contribution in [0, 0.1) is 11.3 Å². The molecule has 1 atom stereocenters. The molecule has 1 unspecified atom stereocenters. The molecular formula is C14H18N2O2. The van der Waals surface area contributed by atoms with Gasteiger partial charge in [-0.05, 0) is 31.0 Å². The van der Waals surface area contributed by atoms with E-state index in [1.54, 1.807) is 6.92 Å². The number of nitrogens with zero attached hydrogens (tertiary/aromatic N) is 1. The summed E-state index contributed by atoms with van der Waals surface area (Å²) in [4.78, 5) is 13.0. The van der Waals surface area contributed by atoms with Gasteiger partial charge in [-0.1, -0.05) is 24.3 Å². The van der Waals surface area contributed by atoms with E-state index < -0.39 is 5.97 Å². The van der Waals surface area contributed by atoms with Crippen molar-refractivity contribution in [2.24, 2.45) is 5.92 Å². The molecule has 0 saturated carbocycles. The van der Waals surface area contributed by atoms with Gasteiger partial charge in [-0.25, -0.2) is 0 Å². The highest BCUT2D eigenvalue weighted by molar-refractivity contribution is 5.96. The Bertz CT molecular complexity index is 453. The van der Waals surface area contributed by atoms with Crippen LogP contribution in [0.15, 0.2) is 24.3 Å². The zero-order chi connectivity index (χ0) is 13.1. The average molecular weight is 246 g/mol. The fourth-order valence-corrected chi connectivity index (χ4v) is 2.30. The fourth-order valence-electron chi connectivity index (χ4n) is 2.30. The topological polar surface area (TPSA) is 64.4 Å². The van der Waals surface area contributed by atoms with Crippen molar-refractivity contribution in [3.8, 4) is 0 Å². The lowest BCUT2D eigenvalue weighted by Gasteiger charge is -2.15. The smallest absolute Gasteiger partial charge is 0.307 e. The second kappa shape index (κ2) is 5.31. The lowest BCUT2D eigenvalue weighted by Crippen LogP contribution is -2.22. The molecule has 0 bridgehead atoms. The highest BCUT2D eigenvalue weighted by Gasteiger charge is 2.27. The first-order valence-corrected chi connectivity index (χ1v) is 6.16. The van der Waals surface area contributed by atoms with Gasteiger partial charge in [0, 0.05) is 18.8 Å². The van der Waals surface area contributed by atoms with Crippen molar-refractivity contribution in [3.63, 3.8) is 0 Å². The van der Waals surface area contributed by atoms with E-state index in [1.165, 1.54) is 5.56 Å². The molecule has 2 N–H and O–H groups in total. The van der Waals surface area contributed by atoms with Crippen molar-refractivity contribution in [1.82, 2.24) is 4.90 Å². The van der Waals surface area contributed by atoms with E-state index in [1.807, 2.05) is 24.3 Å². The third-order valence-corrected chi connectivity index (χ3v) is 3.41. The van der Waals surface area contributed by atoms with Crippen LogP contribution >= 0.6 is 0 Å². The molecule has 1 aromatic rings. The van der Waals surface area contributed by atoms with Crippen molar-refractivity contribution in [1.29, 1.82) is 5.41 Å². The Balaban J connectivity index is 1.94. The number of carboxylic acids is 1. The monoisotopic (exact) mass is 246 g/mol. The van der Waals surface area contributed by atoms with Gasteiger partial charge in [-0.2, -0.15) is 0 Å². The van der Waals surface area contributed by atoms with Crippen LogP contribution < -0.4 is 0 Å². The Morgan fingerprint density at radius 2 is 2.11 bits per heavy atom. The van der Waals surface area contributed by atoms with E-state index in [4.69, 9.17) is 10.5 Å². The maximum Gasteiger partial charge on any atom is 0.307 e. The molecule has 0 aromatic heterocycles. The Morgan fingerprint density at radius 3 is 2.61 bits per heavy atom. The number of nitrogens with one attached hydrogen (secondary N) is 1. The summed E-state index contributed by atoms with van der Waals surface area (Å²) in [6, 6.07) is 7.92. The summed E-state index contributed by atoms with van der Waals surface area (Å²) in [5.41, 5.74) is 2.67. The number of hydrogen-bond donors (Lipinski definition) is 2. The number of rotatable bonds is 4. The van der Waals surface area contributed by atoms with E-state index in [9.17, 15) is 4.79 Å². The Hall–Kier alpha value is -1.68. The molecule has 2 rings (SSSR count). The molecule has 0 amide bonds. The van der Waals surface area contributed by atoms with Gasteiger partial charge in [0.05, 0.1) is 5.92 Å². The number of carboxylic acid groups (broad SMARTS) is 1. The van der Waals surface area contributed by atoms with Gasteiger partial charge >= 0.3 is 5.97 Å². The second-order valence-electron chi connectivity index (χ2n) is 4.88. The summed E-state index contributed by atoms with van der Waals surface area (Å²) in [5.74, 6) is -0.902. The molecule has 1 heterocycles. The van der Waals surface area contributed by atoms with Crippen LogP contribution in [0.25, 0.3) is 0 Å². The molecule has 0 aliphatic carbocycles. The Kier molecular flexibility index (Phi) is 3.77. The van der Waals surface area contributed by atoms with Gasteiger partial charge in [-0.15, -0.1) is 0 Å². The van der Waals surface area contributed by atoms with Gasteiger partial charge in [-0.3, -0.25) is 9.69 Å². The van der Waals surface area contributed by atoms with Crippen LogP contribution in [0.3, 0.4) is 0 Å². The first-order chi connectivity index (χ1) is 8.56. The lowest BCUT2D eigenvalue weighted by molar-refractivity contribution is -0.141. The number of benzene rings is 1. The highest BCUT2D eigenvalue weighted by atomic mass is 16.4. The third kappa shape index (κ3) is 2.96. The van der Waals surface area contributed by atoms with Crippen LogP contribution in [0.4, 0.5) is 0 Å². The number of hydrogen-bond acceptors (Lipinski definition) is 3. The lowest BCUT2D eigenvalue weighted by atomic mass is 10.1. The number of likely N-dealkylation sites (tertiary alicyclic amines) is 1. The van der Waals surface area contributed by atoms with Crippen LogP contribution in [0.1, 0.15) is 24.5 Å². The summed E-state index contributed by atoms with van der Waals surface area (Å²) >= 11 is 0. The maximum absolute atomic E-state index is 10.9. The van der Waals surface area contributed by atoms with E-state index in [-0.39, 0.29) is 5.92 Å². The molecule has 0 spiro atoms. The van der Waals surface area contributed by atoms with Crippen LogP contribution in [0.2, 0.25) is 0 Å². The molecule has 4 nitrogen and oxygen atoms in total. The second-order valence-corrected chi connectivity index (χ2v) is 4.88. The minimum absolute atomic E-state index is 0.215. The highest BCUT2D eigenvalue weighted by Crippen LogP contribution is 2.19. The maximum atomic E-state index is 10.9. The minimum atomic E-state index is -0.688. The van der Waals surface area contributed by atoms with E-state index in [0.29, 0.717) is 12.3 Å². The van der Waals surface area contributed by atoms with Crippen molar-refractivity contribution < 1.29 is 9.90 Å². The quantitative estimate of drug-likeness (QED) is 0.798. The van der Waals surface area contributed by atoms with E-state index in [0.717, 1.165) is 25.1 Å². The summed E-state index contributed by atoms with van der Waals surface area (Å²) in [6.07, 6.45) is 0.743. The first kappa shape index (κ1) is 12.8. The molecule has 1 saturated heterocycles. The molecule has 0 radical (unpaired) electrons. The van der Waals surface area contributed by atoms with Crippen molar-refractivity contribution in [2.75, 3.05) is 13.1 Å². The Morgan fingerprint density at radius 1 is 1.44 bits per heavy atom. The van der Waals surface area contributed by atoms with Crippen LogP contribution in [0.5, 0.6) is 0 Å². The van der Waals surface area contributed by atoms with Crippen molar-refractivity contribution >= 4 is 11.7 Å². The summed E-state index contributed by atoms with van der Waals surface area (Å²) in [7, 11) is 0. The molecule has 1 aliphatic heterocycles. The number of carbonyl (C=O) groups is 1. The molecule has 1 fully saturated rings. The minimum Gasteiger partial charge on any atom is -0.481 e. The van der Waals surface area contributed by atoms with Gasteiger partial charge in [0.25, 0.3) is 0 Å². The van der Waals surface area contributed by atoms with Crippen molar-refractivity contribution in [3.05, 3.63) is 35.4 Å². The Labute approximate surface area is 107 Å². The SMILES string of the molecule is CC(=N)c1ccc(CN2CCC(C(=O)O)C2)cc1. The van der Waals surface area contributed by atoms with Gasteiger partial charge in [0.15, 0.2) is 0 Å². The van der Waals surface area contributed by atoms with Crippen LogP contribution in [-0.2, 0) is 11.3 Å². The van der Waals surface area contributed by atoms with Gasteiger partial charge in [0.1, 0.15) is 0 Å². The van der Waals surface area contributed by atoms with Gasteiger partial charge in [0.2, 0.25) is 0 Å². The van der Waals surface area contributed by atoms with E-state index >= 15 is 0 Å². The molecule has 4 heteroatoms. The van der Waals surface area contributed by atoms with Crippen LogP contribution in [-0.4, -0.2) is 34.8 Å². The predicted octanol–water partition coefficient (Wildman–Crippen LogP) is 1.98. The normalized spacial score (nSPS) is 19.9. The zero-order valence-corrected chi connectivity index (χ0v) is 10.5. The summed E-state index contributed by atoms with van der Waals surface area (Å²) < 4.78 is 0. The molecule has 96 valence electrons. The number of aliphatic carboxylic acids is 1. The average Bonchev–Trinajstić information content (AvgIpc) is 2.78. The molecule has 1 aromatic carbocycles. The molecular weight excluding hydrogens is 228 g/mol. The van der Waals surface area contributed by atoms with E-state index in [2.05, 4.69) is 4.90 Å².